The van der Waals surface area contributed by atoms with E-state index in [-0.39, 0.29) is 17.1 Å². The molecule has 1 aliphatic heterocycles. The molecule has 0 spiro atoms. The lowest BCUT2D eigenvalue weighted by Crippen LogP contribution is -2.26. The molecule has 1 saturated heterocycles. The van der Waals surface area contributed by atoms with Crippen molar-refractivity contribution in [3.63, 3.8) is 0 Å². The maximum Gasteiger partial charge on any atom is 0.148 e. The number of hydrogen-bond acceptors (Lipinski definition) is 2. The van der Waals surface area contributed by atoms with Crippen LogP contribution in [0.3, 0.4) is 0 Å². The zero-order valence-electron chi connectivity index (χ0n) is 19.4. The molecule has 1 N–H and O–H groups in total. The molecule has 2 aromatic rings. The second-order valence-corrected chi connectivity index (χ2v) is 8.76. The minimum Gasteiger partial charge on any atom is -0.508 e. The van der Waals surface area contributed by atoms with Gasteiger partial charge in [-0.05, 0) is 73.9 Å². The Kier molecular flexibility index (Phi) is 6.63. The van der Waals surface area contributed by atoms with Crippen molar-refractivity contribution in [3.8, 4) is 17.6 Å². The highest BCUT2D eigenvalue weighted by atomic mass is 16.6. The Bertz CT molecular complexity index is 958. The average molecular weight is 405 g/mol. The van der Waals surface area contributed by atoms with E-state index in [2.05, 4.69) is 76.8 Å². The van der Waals surface area contributed by atoms with Gasteiger partial charge in [-0.1, -0.05) is 70.2 Å². The van der Waals surface area contributed by atoms with Gasteiger partial charge in [-0.2, -0.15) is 0 Å². The van der Waals surface area contributed by atoms with Gasteiger partial charge >= 0.3 is 0 Å². The Balaban J connectivity index is 1.92. The van der Waals surface area contributed by atoms with Crippen LogP contribution >= 0.6 is 0 Å². The van der Waals surface area contributed by atoms with Crippen LogP contribution in [0.4, 0.5) is 0 Å². The molecule has 2 atom stereocenters. The molecule has 1 fully saturated rings. The summed E-state index contributed by atoms with van der Waals surface area (Å²) in [6, 6.07) is 12.7. The first-order valence-electron chi connectivity index (χ1n) is 11.5. The Hall–Kier alpha value is -2.24. The Labute approximate surface area is 182 Å². The minimum atomic E-state index is -0.0622. The third-order valence-corrected chi connectivity index (χ3v) is 7.12. The highest BCUT2D eigenvalue weighted by molar-refractivity contribution is 5.50. The van der Waals surface area contributed by atoms with Gasteiger partial charge in [-0.3, -0.25) is 0 Å². The molecule has 2 nitrogen and oxygen atoms in total. The van der Waals surface area contributed by atoms with E-state index in [4.69, 9.17) is 4.74 Å². The molecule has 2 aromatic carbocycles. The zero-order valence-corrected chi connectivity index (χ0v) is 19.4. The van der Waals surface area contributed by atoms with E-state index in [1.165, 1.54) is 16.7 Å². The monoisotopic (exact) mass is 404 g/mol. The number of hydrogen-bond donors (Lipinski definition) is 1. The molecule has 0 amide bonds. The van der Waals surface area contributed by atoms with E-state index in [1.807, 2.05) is 13.0 Å². The molecule has 0 aliphatic carbocycles. The van der Waals surface area contributed by atoms with Crippen LogP contribution < -0.4 is 0 Å². The molecule has 0 radical (unpaired) electrons. The molecule has 2 unspecified atom stereocenters. The van der Waals surface area contributed by atoms with Gasteiger partial charge < -0.3 is 9.84 Å². The molecule has 160 valence electrons. The third kappa shape index (κ3) is 4.01. The lowest BCUT2D eigenvalue weighted by molar-refractivity contribution is 0.276. The maximum absolute atomic E-state index is 9.98. The Morgan fingerprint density at radius 3 is 2.13 bits per heavy atom. The van der Waals surface area contributed by atoms with Crippen molar-refractivity contribution in [2.24, 2.45) is 0 Å². The third-order valence-electron chi connectivity index (χ3n) is 7.12. The molecule has 3 rings (SSSR count). The highest BCUT2D eigenvalue weighted by Crippen LogP contribution is 2.43. The number of aromatic hydroxyl groups is 1. The molecule has 0 aromatic heterocycles. The number of phenols is 1. The van der Waals surface area contributed by atoms with Crippen LogP contribution in [0, 0.1) is 25.7 Å². The number of rotatable bonds is 7. The number of epoxide rings is 1. The van der Waals surface area contributed by atoms with Crippen LogP contribution in [-0.4, -0.2) is 16.8 Å². The van der Waals surface area contributed by atoms with Gasteiger partial charge in [0.05, 0.1) is 0 Å². The fraction of sp³-hybridized carbons (Fsp3) is 0.500. The van der Waals surface area contributed by atoms with E-state index in [1.54, 1.807) is 0 Å². The summed E-state index contributed by atoms with van der Waals surface area (Å²) in [5, 5.41) is 9.98. The summed E-state index contributed by atoms with van der Waals surface area (Å²) in [6.07, 6.45) is 5.33. The summed E-state index contributed by atoms with van der Waals surface area (Å²) >= 11 is 0. The lowest BCUT2D eigenvalue weighted by atomic mass is 9.70. The van der Waals surface area contributed by atoms with E-state index >= 15 is 0 Å². The fourth-order valence-electron chi connectivity index (χ4n) is 4.85. The topological polar surface area (TPSA) is 32.8 Å². The summed E-state index contributed by atoms with van der Waals surface area (Å²) in [7, 11) is 0. The van der Waals surface area contributed by atoms with Crippen molar-refractivity contribution >= 4 is 0 Å². The van der Waals surface area contributed by atoms with E-state index < -0.39 is 0 Å². The predicted octanol–water partition coefficient (Wildman–Crippen LogP) is 6.81. The smallest absolute Gasteiger partial charge is 0.148 e. The number of benzene rings is 2. The number of aryl methyl sites for hydroxylation is 2. The first-order chi connectivity index (χ1) is 14.4. The second kappa shape index (κ2) is 8.86. The molecule has 0 saturated carbocycles. The lowest BCUT2D eigenvalue weighted by Gasteiger charge is -2.34. The van der Waals surface area contributed by atoms with Crippen LogP contribution in [0.25, 0.3) is 0 Å². The number of ether oxygens (including phenoxy) is 1. The first kappa shape index (κ1) is 22.4. The van der Waals surface area contributed by atoms with Gasteiger partial charge in [0.25, 0.3) is 0 Å². The summed E-state index contributed by atoms with van der Waals surface area (Å²) in [6.45, 7) is 13.0. The van der Waals surface area contributed by atoms with Crippen molar-refractivity contribution in [2.45, 2.75) is 90.8 Å². The van der Waals surface area contributed by atoms with Crippen molar-refractivity contribution in [3.05, 3.63) is 64.2 Å². The predicted molar refractivity (Wildman–Crippen MR) is 125 cm³/mol. The standard InChI is InChI=1S/C28H36O2/c1-7-17-28(10-4)26(30-28)16-12-22-11-13-23(18-20(22)5)27(8-2,9-3)24-14-15-25(29)21(6)19-24/h11,13-15,18-19,26,29H,7-10,17H2,1-6H3. The highest BCUT2D eigenvalue weighted by Gasteiger charge is 2.53. The van der Waals surface area contributed by atoms with Crippen LogP contribution in [0.5, 0.6) is 5.75 Å². The van der Waals surface area contributed by atoms with E-state index in [9.17, 15) is 5.11 Å². The maximum atomic E-state index is 9.98. The summed E-state index contributed by atoms with van der Waals surface area (Å²) < 4.78 is 5.95. The molecule has 30 heavy (non-hydrogen) atoms. The van der Waals surface area contributed by atoms with Crippen molar-refractivity contribution < 1.29 is 9.84 Å². The fourth-order valence-corrected chi connectivity index (χ4v) is 4.85. The minimum absolute atomic E-state index is 0.00804. The average Bonchev–Trinajstić information content (AvgIpc) is 3.44. The quantitative estimate of drug-likeness (QED) is 0.406. The van der Waals surface area contributed by atoms with E-state index in [0.717, 1.165) is 43.2 Å². The van der Waals surface area contributed by atoms with Crippen molar-refractivity contribution in [1.29, 1.82) is 0 Å². The van der Waals surface area contributed by atoms with Crippen LogP contribution in [-0.2, 0) is 10.2 Å². The molecular formula is C28H36O2. The Morgan fingerprint density at radius 2 is 1.60 bits per heavy atom. The Morgan fingerprint density at radius 1 is 0.967 bits per heavy atom. The first-order valence-corrected chi connectivity index (χ1v) is 11.5. The van der Waals surface area contributed by atoms with Gasteiger partial charge in [-0.15, -0.1) is 0 Å². The van der Waals surface area contributed by atoms with Crippen molar-refractivity contribution in [1.82, 2.24) is 0 Å². The molecule has 1 aliphatic rings. The van der Waals surface area contributed by atoms with Crippen LogP contribution in [0.2, 0.25) is 0 Å². The largest absolute Gasteiger partial charge is 0.508 e. The van der Waals surface area contributed by atoms with Gasteiger partial charge in [0.2, 0.25) is 0 Å². The molecule has 1 heterocycles. The zero-order chi connectivity index (χ0) is 21.9. The molecule has 2 heteroatoms. The van der Waals surface area contributed by atoms with Crippen LogP contribution in [0.1, 0.15) is 87.6 Å². The van der Waals surface area contributed by atoms with Gasteiger partial charge in [0.1, 0.15) is 17.5 Å². The van der Waals surface area contributed by atoms with Gasteiger partial charge in [0.15, 0.2) is 0 Å². The molecule has 0 bridgehead atoms. The second-order valence-electron chi connectivity index (χ2n) is 8.76. The SMILES string of the molecule is CCCC1(CC)OC1C#Cc1ccc(C(CC)(CC)c2ccc(O)c(C)c2)cc1C. The summed E-state index contributed by atoms with van der Waals surface area (Å²) in [5.41, 5.74) is 5.73. The van der Waals surface area contributed by atoms with Crippen molar-refractivity contribution in [2.75, 3.05) is 0 Å². The van der Waals surface area contributed by atoms with Gasteiger partial charge in [-0.25, -0.2) is 0 Å². The normalized spacial score (nSPS) is 20.5. The number of phenolic OH excluding ortho intramolecular Hbond substituents is 1. The van der Waals surface area contributed by atoms with Gasteiger partial charge in [0, 0.05) is 11.0 Å². The molecular weight excluding hydrogens is 368 g/mol. The van der Waals surface area contributed by atoms with Crippen LogP contribution in [0.15, 0.2) is 36.4 Å². The van der Waals surface area contributed by atoms with E-state index in [0.29, 0.717) is 5.75 Å². The summed E-state index contributed by atoms with van der Waals surface area (Å²) in [5.74, 6) is 7.11. The summed E-state index contributed by atoms with van der Waals surface area (Å²) in [4.78, 5) is 0.